The smallest absolute Gasteiger partial charge is 0.321 e. The second-order valence-corrected chi connectivity index (χ2v) is 8.26. The minimum atomic E-state index is -0.845. The van der Waals surface area contributed by atoms with Crippen LogP contribution in [-0.4, -0.2) is 26.7 Å². The Morgan fingerprint density at radius 3 is 2.60 bits per heavy atom. The Hall–Kier alpha value is -2.44. The second kappa shape index (κ2) is 11.1. The molecule has 0 saturated heterocycles. The van der Waals surface area contributed by atoms with Crippen LogP contribution in [0.5, 0.6) is 0 Å². The van der Waals surface area contributed by atoms with Crippen LogP contribution in [0.25, 0.3) is 0 Å². The van der Waals surface area contributed by atoms with Gasteiger partial charge in [-0.15, -0.1) is 0 Å². The van der Waals surface area contributed by atoms with E-state index in [2.05, 4.69) is 43.8 Å². The van der Waals surface area contributed by atoms with Gasteiger partial charge < -0.3 is 9.67 Å². The summed E-state index contributed by atoms with van der Waals surface area (Å²) in [4.78, 5) is 16.4. The molecule has 0 aliphatic rings. The summed E-state index contributed by atoms with van der Waals surface area (Å²) >= 11 is 3.64. The van der Waals surface area contributed by atoms with E-state index >= 15 is 0 Å². The van der Waals surface area contributed by atoms with E-state index in [1.165, 1.54) is 5.56 Å². The molecule has 0 spiro atoms. The fourth-order valence-corrected chi connectivity index (χ4v) is 3.85. The molecule has 3 rings (SSSR count). The Balaban J connectivity index is 1.77. The number of rotatable bonds is 11. The van der Waals surface area contributed by atoms with E-state index in [4.69, 9.17) is 0 Å². The molecule has 0 fully saturated rings. The van der Waals surface area contributed by atoms with E-state index in [1.54, 1.807) is 0 Å². The molecule has 0 aliphatic heterocycles. The molecule has 158 valence electrons. The van der Waals surface area contributed by atoms with Gasteiger partial charge in [0.15, 0.2) is 0 Å². The summed E-state index contributed by atoms with van der Waals surface area (Å²) < 4.78 is 3.27. The maximum absolute atomic E-state index is 11.8. The monoisotopic (exact) mass is 469 g/mol. The number of unbranched alkanes of at least 4 members (excludes halogenated alkanes) is 1. The van der Waals surface area contributed by atoms with Crippen LogP contribution in [0.4, 0.5) is 0 Å². The van der Waals surface area contributed by atoms with Crippen molar-refractivity contribution in [3.8, 4) is 0 Å². The van der Waals surface area contributed by atoms with Gasteiger partial charge in [0.2, 0.25) is 0 Å². The lowest BCUT2D eigenvalue weighted by atomic mass is 10.1. The van der Waals surface area contributed by atoms with Gasteiger partial charge in [-0.05, 0) is 30.0 Å². The Bertz CT molecular complexity index is 956. The van der Waals surface area contributed by atoms with Gasteiger partial charge in [0.05, 0.1) is 12.2 Å². The second-order valence-electron chi connectivity index (χ2n) is 7.41. The lowest BCUT2D eigenvalue weighted by Gasteiger charge is -2.17. The van der Waals surface area contributed by atoms with Gasteiger partial charge in [-0.1, -0.05) is 77.8 Å². The summed E-state index contributed by atoms with van der Waals surface area (Å²) in [6.45, 7) is 3.33. The third kappa shape index (κ3) is 6.03. The quantitative estimate of drug-likeness (QED) is 0.422. The van der Waals surface area contributed by atoms with Crippen molar-refractivity contribution in [3.05, 3.63) is 87.9 Å². The lowest BCUT2D eigenvalue weighted by Crippen LogP contribution is -2.38. The van der Waals surface area contributed by atoms with Crippen LogP contribution in [-0.2, 0) is 30.7 Å². The van der Waals surface area contributed by atoms with Crippen LogP contribution >= 0.6 is 15.9 Å². The largest absolute Gasteiger partial charge is 0.480 e. The van der Waals surface area contributed by atoms with Crippen molar-refractivity contribution in [2.24, 2.45) is 0 Å². The highest BCUT2D eigenvalue weighted by atomic mass is 79.9. The Labute approximate surface area is 186 Å². The molecular formula is C24H28BrN3O2. The average molecular weight is 470 g/mol. The van der Waals surface area contributed by atoms with Gasteiger partial charge >= 0.3 is 5.97 Å². The molecule has 2 aromatic carbocycles. The predicted molar refractivity (Wildman–Crippen MR) is 122 cm³/mol. The summed E-state index contributed by atoms with van der Waals surface area (Å²) in [5.74, 6) is 0.196. The Morgan fingerprint density at radius 1 is 1.17 bits per heavy atom. The number of nitrogens with zero attached hydrogens (tertiary/aromatic N) is 2. The molecule has 1 atom stereocenters. The average Bonchev–Trinajstić information content (AvgIpc) is 3.13. The SMILES string of the molecule is CCCCc1ncc(CN[C@@H](Cc2ccccc2)C(=O)O)n1Cc1ccccc1Br. The van der Waals surface area contributed by atoms with E-state index in [-0.39, 0.29) is 0 Å². The molecule has 0 bridgehead atoms. The summed E-state index contributed by atoms with van der Waals surface area (Å²) in [5, 5.41) is 12.9. The van der Waals surface area contributed by atoms with Gasteiger partial charge in [-0.25, -0.2) is 4.98 Å². The van der Waals surface area contributed by atoms with E-state index < -0.39 is 12.0 Å². The van der Waals surface area contributed by atoms with Crippen molar-refractivity contribution in [2.75, 3.05) is 0 Å². The normalized spacial score (nSPS) is 12.1. The minimum Gasteiger partial charge on any atom is -0.480 e. The molecule has 1 aromatic heterocycles. The third-order valence-electron chi connectivity index (χ3n) is 5.17. The van der Waals surface area contributed by atoms with Crippen LogP contribution in [0, 0.1) is 0 Å². The fraction of sp³-hybridized carbons (Fsp3) is 0.333. The minimum absolute atomic E-state index is 0.442. The van der Waals surface area contributed by atoms with Gasteiger partial charge in [0, 0.05) is 23.6 Å². The number of aryl methyl sites for hydroxylation is 1. The molecule has 1 heterocycles. The zero-order valence-electron chi connectivity index (χ0n) is 17.2. The number of hydrogen-bond donors (Lipinski definition) is 2. The third-order valence-corrected chi connectivity index (χ3v) is 5.95. The number of nitrogens with one attached hydrogen (secondary N) is 1. The van der Waals surface area contributed by atoms with Crippen molar-refractivity contribution in [1.29, 1.82) is 0 Å². The van der Waals surface area contributed by atoms with Crippen molar-refractivity contribution >= 4 is 21.9 Å². The topological polar surface area (TPSA) is 67.2 Å². The first-order chi connectivity index (χ1) is 14.6. The molecule has 0 radical (unpaired) electrons. The Kier molecular flexibility index (Phi) is 8.22. The van der Waals surface area contributed by atoms with E-state index in [1.807, 2.05) is 54.7 Å². The number of aromatic nitrogens is 2. The number of halogens is 1. The number of benzene rings is 2. The molecular weight excluding hydrogens is 442 g/mol. The predicted octanol–water partition coefficient (Wildman–Crippen LogP) is 4.82. The highest BCUT2D eigenvalue weighted by molar-refractivity contribution is 9.10. The van der Waals surface area contributed by atoms with Gasteiger partial charge in [-0.3, -0.25) is 10.1 Å². The van der Waals surface area contributed by atoms with Crippen molar-refractivity contribution in [1.82, 2.24) is 14.9 Å². The first-order valence-corrected chi connectivity index (χ1v) is 11.1. The molecule has 5 nitrogen and oxygen atoms in total. The molecule has 2 N–H and O–H groups in total. The summed E-state index contributed by atoms with van der Waals surface area (Å²) in [7, 11) is 0. The van der Waals surface area contributed by atoms with Crippen LogP contribution < -0.4 is 5.32 Å². The molecule has 0 aliphatic carbocycles. The number of hydrogen-bond acceptors (Lipinski definition) is 3. The molecule has 6 heteroatoms. The molecule has 0 amide bonds. The van der Waals surface area contributed by atoms with Crippen molar-refractivity contribution in [2.45, 2.75) is 51.7 Å². The summed E-state index contributed by atoms with van der Waals surface area (Å²) in [6, 6.07) is 17.2. The first-order valence-electron chi connectivity index (χ1n) is 10.3. The van der Waals surface area contributed by atoms with E-state index in [9.17, 15) is 9.90 Å². The zero-order chi connectivity index (χ0) is 21.3. The number of imidazole rings is 1. The number of carboxylic acids is 1. The van der Waals surface area contributed by atoms with Crippen LogP contribution in [0.1, 0.15) is 42.4 Å². The van der Waals surface area contributed by atoms with Crippen molar-refractivity contribution < 1.29 is 9.90 Å². The lowest BCUT2D eigenvalue weighted by molar-refractivity contribution is -0.139. The Morgan fingerprint density at radius 2 is 1.90 bits per heavy atom. The fourth-order valence-electron chi connectivity index (χ4n) is 3.44. The van der Waals surface area contributed by atoms with E-state index in [0.29, 0.717) is 19.5 Å². The number of carboxylic acid groups (broad SMARTS) is 1. The van der Waals surface area contributed by atoms with Gasteiger partial charge in [0.25, 0.3) is 0 Å². The standard InChI is InChI=1S/C24H28BrN3O2/c1-2-3-13-23-27-16-20(28(23)17-19-11-7-8-12-21(19)25)15-26-22(24(29)30)14-18-9-5-4-6-10-18/h4-12,16,22,26H,2-3,13-15,17H2,1H3,(H,29,30)/t22-/m0/s1. The van der Waals surface area contributed by atoms with Gasteiger partial charge in [0.1, 0.15) is 11.9 Å². The molecule has 0 saturated carbocycles. The van der Waals surface area contributed by atoms with Crippen LogP contribution in [0.15, 0.2) is 65.3 Å². The highest BCUT2D eigenvalue weighted by Crippen LogP contribution is 2.20. The van der Waals surface area contributed by atoms with Gasteiger partial charge in [-0.2, -0.15) is 0 Å². The number of aliphatic carboxylic acids is 1. The molecule has 0 unspecified atom stereocenters. The van der Waals surface area contributed by atoms with Crippen LogP contribution in [0.3, 0.4) is 0 Å². The molecule has 3 aromatic rings. The summed E-state index contributed by atoms with van der Waals surface area (Å²) in [5.41, 5.74) is 3.17. The zero-order valence-corrected chi connectivity index (χ0v) is 18.8. The van der Waals surface area contributed by atoms with Crippen LogP contribution in [0.2, 0.25) is 0 Å². The maximum Gasteiger partial charge on any atom is 0.321 e. The molecule has 30 heavy (non-hydrogen) atoms. The first kappa shape index (κ1) is 22.2. The summed E-state index contributed by atoms with van der Waals surface area (Å²) in [6.07, 6.45) is 5.40. The number of carbonyl (C=O) groups is 1. The maximum atomic E-state index is 11.8. The van der Waals surface area contributed by atoms with Crippen molar-refractivity contribution in [3.63, 3.8) is 0 Å². The van der Waals surface area contributed by atoms with E-state index in [0.717, 1.165) is 40.8 Å². The highest BCUT2D eigenvalue weighted by Gasteiger charge is 2.19.